The zero-order valence-electron chi connectivity index (χ0n) is 19.7. The highest BCUT2D eigenvalue weighted by atomic mass is 35.5. The highest BCUT2D eigenvalue weighted by molar-refractivity contribution is 6.39. The Morgan fingerprint density at radius 3 is 2.24 bits per heavy atom. The monoisotopic (exact) mass is 540 g/mol. The van der Waals surface area contributed by atoms with Crippen LogP contribution in [0.3, 0.4) is 0 Å². The van der Waals surface area contributed by atoms with Gasteiger partial charge in [-0.05, 0) is 67.1 Å². The van der Waals surface area contributed by atoms with Crippen molar-refractivity contribution < 1.29 is 28.6 Å². The van der Waals surface area contributed by atoms with Crippen molar-refractivity contribution >= 4 is 52.8 Å². The fourth-order valence-electron chi connectivity index (χ4n) is 3.52. The van der Waals surface area contributed by atoms with Gasteiger partial charge in [0.05, 0.1) is 17.3 Å². The molecule has 4 rings (SSSR count). The van der Waals surface area contributed by atoms with Crippen molar-refractivity contribution in [3.8, 4) is 17.2 Å². The second kappa shape index (κ2) is 11.8. The molecule has 1 fully saturated rings. The van der Waals surface area contributed by atoms with Crippen LogP contribution in [0, 0.1) is 0 Å². The van der Waals surface area contributed by atoms with E-state index in [4.69, 9.17) is 37.4 Å². The van der Waals surface area contributed by atoms with E-state index >= 15 is 0 Å². The van der Waals surface area contributed by atoms with E-state index < -0.39 is 17.8 Å². The minimum absolute atomic E-state index is 0.209. The number of para-hydroxylation sites is 1. The van der Waals surface area contributed by atoms with Gasteiger partial charge in [-0.3, -0.25) is 14.9 Å². The fourth-order valence-corrected chi connectivity index (χ4v) is 3.83. The van der Waals surface area contributed by atoms with Gasteiger partial charge in [0.1, 0.15) is 24.5 Å². The van der Waals surface area contributed by atoms with Gasteiger partial charge in [-0.1, -0.05) is 41.4 Å². The Morgan fingerprint density at radius 2 is 1.54 bits per heavy atom. The lowest BCUT2D eigenvalue weighted by molar-refractivity contribution is -0.122. The third-order valence-corrected chi connectivity index (χ3v) is 5.76. The number of urea groups is 1. The largest absolute Gasteiger partial charge is 0.490 e. The maximum atomic E-state index is 13.1. The molecule has 1 saturated heterocycles. The number of barbiturate groups is 1. The average Bonchev–Trinajstić information content (AvgIpc) is 2.87. The molecule has 4 amide bonds. The van der Waals surface area contributed by atoms with Crippen LogP contribution in [0.5, 0.6) is 17.2 Å². The molecule has 0 unspecified atom stereocenters. The van der Waals surface area contributed by atoms with E-state index in [1.807, 2.05) is 19.1 Å². The van der Waals surface area contributed by atoms with E-state index in [9.17, 15) is 14.4 Å². The van der Waals surface area contributed by atoms with Crippen molar-refractivity contribution in [3.05, 3.63) is 87.9 Å². The molecule has 0 atom stereocenters. The maximum Gasteiger partial charge on any atom is 0.335 e. The van der Waals surface area contributed by atoms with Crippen LogP contribution in [0.4, 0.5) is 10.5 Å². The standard InChI is InChI=1S/C27H22Cl2N2O6/c1-2-35-24-16-17(7-12-23(24)37-14-13-36-22-6-4-3-5-21(22)29)15-20-25(32)30-27(34)31(26(20)33)19-10-8-18(28)9-11-19/h3-12,15-16H,2,13-14H2,1H3,(H,30,32,34)/b20-15-. The summed E-state index contributed by atoms with van der Waals surface area (Å²) < 4.78 is 17.1. The number of nitrogens with zero attached hydrogens (tertiary/aromatic N) is 1. The van der Waals surface area contributed by atoms with Crippen LogP contribution in [0.1, 0.15) is 12.5 Å². The molecule has 0 aliphatic carbocycles. The van der Waals surface area contributed by atoms with Crippen LogP contribution < -0.4 is 24.4 Å². The number of rotatable bonds is 9. The number of carbonyl (C=O) groups is 3. The van der Waals surface area contributed by atoms with E-state index in [1.165, 1.54) is 18.2 Å². The quantitative estimate of drug-likeness (QED) is 0.218. The first kappa shape index (κ1) is 26.1. The Labute approximate surface area is 223 Å². The average molecular weight is 541 g/mol. The molecule has 10 heteroatoms. The minimum Gasteiger partial charge on any atom is -0.490 e. The molecule has 8 nitrogen and oxygen atoms in total. The molecule has 37 heavy (non-hydrogen) atoms. The van der Waals surface area contributed by atoms with Crippen LogP contribution in [0.15, 0.2) is 72.3 Å². The lowest BCUT2D eigenvalue weighted by Gasteiger charge is -2.26. The number of carbonyl (C=O) groups excluding carboxylic acids is 3. The summed E-state index contributed by atoms with van der Waals surface area (Å²) in [7, 11) is 0. The predicted molar refractivity (Wildman–Crippen MR) is 141 cm³/mol. The van der Waals surface area contributed by atoms with Crippen LogP contribution in [0.2, 0.25) is 10.0 Å². The number of imide groups is 2. The molecule has 1 heterocycles. The van der Waals surface area contributed by atoms with Gasteiger partial charge < -0.3 is 14.2 Å². The van der Waals surface area contributed by atoms with Crippen molar-refractivity contribution in [2.75, 3.05) is 24.7 Å². The zero-order valence-corrected chi connectivity index (χ0v) is 21.2. The van der Waals surface area contributed by atoms with Crippen molar-refractivity contribution in [2.24, 2.45) is 0 Å². The molecular weight excluding hydrogens is 519 g/mol. The van der Waals surface area contributed by atoms with Gasteiger partial charge in [-0.25, -0.2) is 9.69 Å². The number of amides is 4. The van der Waals surface area contributed by atoms with Crippen molar-refractivity contribution in [2.45, 2.75) is 6.92 Å². The van der Waals surface area contributed by atoms with E-state index in [0.717, 1.165) is 4.90 Å². The van der Waals surface area contributed by atoms with E-state index in [-0.39, 0.29) is 24.5 Å². The Bertz CT molecular complexity index is 1360. The lowest BCUT2D eigenvalue weighted by Crippen LogP contribution is -2.54. The summed E-state index contributed by atoms with van der Waals surface area (Å²) in [6.07, 6.45) is 1.39. The number of nitrogens with one attached hydrogen (secondary N) is 1. The third-order valence-electron chi connectivity index (χ3n) is 5.20. The predicted octanol–water partition coefficient (Wildman–Crippen LogP) is 5.52. The summed E-state index contributed by atoms with van der Waals surface area (Å²) >= 11 is 12.0. The molecule has 0 radical (unpaired) electrons. The summed E-state index contributed by atoms with van der Waals surface area (Å²) in [6.45, 7) is 2.67. The van der Waals surface area contributed by atoms with Crippen molar-refractivity contribution in [3.63, 3.8) is 0 Å². The molecule has 0 saturated carbocycles. The van der Waals surface area contributed by atoms with Crippen LogP contribution >= 0.6 is 23.2 Å². The first-order valence-corrected chi connectivity index (χ1v) is 12.1. The second-order valence-electron chi connectivity index (χ2n) is 7.70. The molecule has 3 aromatic carbocycles. The normalized spacial score (nSPS) is 14.5. The molecule has 1 aliphatic rings. The number of ether oxygens (including phenoxy) is 3. The van der Waals surface area contributed by atoms with Gasteiger partial charge >= 0.3 is 6.03 Å². The SMILES string of the molecule is CCOc1cc(/C=C2/C(=O)NC(=O)N(c3ccc(Cl)cc3)C2=O)ccc1OCCOc1ccccc1Cl. The number of hydrogen-bond acceptors (Lipinski definition) is 6. The minimum atomic E-state index is -0.841. The third kappa shape index (κ3) is 6.22. The van der Waals surface area contributed by atoms with Gasteiger partial charge in [0, 0.05) is 5.02 Å². The number of anilines is 1. The summed E-state index contributed by atoms with van der Waals surface area (Å²) in [5.74, 6) is -0.115. The summed E-state index contributed by atoms with van der Waals surface area (Å²) in [6, 6.07) is 17.4. The van der Waals surface area contributed by atoms with Crippen LogP contribution in [-0.2, 0) is 9.59 Å². The number of benzene rings is 3. The maximum absolute atomic E-state index is 13.1. The first-order valence-electron chi connectivity index (χ1n) is 11.3. The molecular formula is C27H22Cl2N2O6. The van der Waals surface area contributed by atoms with Gasteiger partial charge in [0.2, 0.25) is 0 Å². The molecule has 1 N–H and O–H groups in total. The highest BCUT2D eigenvalue weighted by Gasteiger charge is 2.36. The van der Waals surface area contributed by atoms with Crippen molar-refractivity contribution in [1.29, 1.82) is 0 Å². The van der Waals surface area contributed by atoms with Gasteiger partial charge in [0.25, 0.3) is 11.8 Å². The van der Waals surface area contributed by atoms with Crippen molar-refractivity contribution in [1.82, 2.24) is 5.32 Å². The Hall–Kier alpha value is -4.01. The smallest absolute Gasteiger partial charge is 0.335 e. The second-order valence-corrected chi connectivity index (χ2v) is 8.54. The number of hydrogen-bond donors (Lipinski definition) is 1. The summed E-state index contributed by atoms with van der Waals surface area (Å²) in [5.41, 5.74) is 0.578. The van der Waals surface area contributed by atoms with Crippen LogP contribution in [0.25, 0.3) is 6.08 Å². The Morgan fingerprint density at radius 1 is 0.838 bits per heavy atom. The lowest BCUT2D eigenvalue weighted by atomic mass is 10.1. The highest BCUT2D eigenvalue weighted by Crippen LogP contribution is 2.31. The van der Waals surface area contributed by atoms with Gasteiger partial charge in [0.15, 0.2) is 11.5 Å². The van der Waals surface area contributed by atoms with Crippen LogP contribution in [-0.4, -0.2) is 37.7 Å². The van der Waals surface area contributed by atoms with Gasteiger partial charge in [-0.15, -0.1) is 0 Å². The summed E-state index contributed by atoms with van der Waals surface area (Å²) in [4.78, 5) is 38.8. The Kier molecular flexibility index (Phi) is 8.32. The molecule has 0 spiro atoms. The molecule has 1 aliphatic heterocycles. The zero-order chi connectivity index (χ0) is 26.4. The molecule has 0 aromatic heterocycles. The molecule has 190 valence electrons. The van der Waals surface area contributed by atoms with E-state index in [2.05, 4.69) is 5.32 Å². The Balaban J connectivity index is 1.51. The first-order chi connectivity index (χ1) is 17.9. The number of halogens is 2. The summed E-state index contributed by atoms with van der Waals surface area (Å²) in [5, 5.41) is 3.15. The van der Waals surface area contributed by atoms with Gasteiger partial charge in [-0.2, -0.15) is 0 Å². The fraction of sp³-hybridized carbons (Fsp3) is 0.148. The topological polar surface area (TPSA) is 94.2 Å². The van der Waals surface area contributed by atoms with E-state index in [0.29, 0.717) is 39.5 Å². The molecule has 3 aromatic rings. The van der Waals surface area contributed by atoms with E-state index in [1.54, 1.807) is 42.5 Å². The molecule has 0 bridgehead atoms.